The maximum atomic E-state index is 13.2. The van der Waals surface area contributed by atoms with E-state index in [1.54, 1.807) is 24.0 Å². The number of hydrogen-bond donors (Lipinski definition) is 7. The number of aliphatic hydroxyl groups is 2. The number of aliphatic hydroxyl groups excluding tert-OH is 2. The van der Waals surface area contributed by atoms with Gasteiger partial charge in [-0.2, -0.15) is 23.1 Å². The minimum Gasteiger partial charge on any atom is -0.475 e. The lowest BCUT2D eigenvalue weighted by Crippen LogP contribution is -2.42. The van der Waals surface area contributed by atoms with Crippen molar-refractivity contribution in [3.05, 3.63) is 114 Å². The van der Waals surface area contributed by atoms with Gasteiger partial charge in [0.2, 0.25) is 11.9 Å². The first-order valence-corrected chi connectivity index (χ1v) is 19.9. The first-order valence-electron chi connectivity index (χ1n) is 19.9. The lowest BCUT2D eigenvalue weighted by Gasteiger charge is -2.22. The van der Waals surface area contributed by atoms with E-state index in [4.69, 9.17) is 24.9 Å². The van der Waals surface area contributed by atoms with Crippen LogP contribution in [0.15, 0.2) is 97.5 Å². The molecule has 7 N–H and O–H groups in total. The van der Waals surface area contributed by atoms with Crippen molar-refractivity contribution in [3.8, 4) is 0 Å². The number of para-hydroxylation sites is 1. The fraction of sp³-hybridized carbons (Fsp3) is 0.326. The molecule has 2 aliphatic rings. The molecule has 0 bridgehead atoms. The normalized spacial score (nSPS) is 19.9. The molecule has 0 unspecified atom stereocenters. The van der Waals surface area contributed by atoms with Crippen LogP contribution in [0.5, 0.6) is 0 Å². The summed E-state index contributed by atoms with van der Waals surface area (Å²) in [5.74, 6) is -3.41. The fourth-order valence-corrected chi connectivity index (χ4v) is 7.84. The minimum absolute atomic E-state index is 0.0197. The number of nitrogens with zero attached hydrogens (tertiary/aromatic N) is 5. The Kier molecular flexibility index (Phi) is 12.8. The predicted molar refractivity (Wildman–Crippen MR) is 222 cm³/mol. The lowest BCUT2D eigenvalue weighted by molar-refractivity contribution is -0.192. The number of halogens is 3. The van der Waals surface area contributed by atoms with Gasteiger partial charge in [0.1, 0.15) is 12.2 Å². The molecule has 2 amide bonds. The predicted octanol–water partition coefficient (Wildman–Crippen LogP) is 4.32. The number of imidazole rings is 1. The van der Waals surface area contributed by atoms with Gasteiger partial charge in [-0.3, -0.25) is 14.4 Å². The fourth-order valence-electron chi connectivity index (χ4n) is 7.84. The second kappa shape index (κ2) is 18.4. The van der Waals surface area contributed by atoms with E-state index >= 15 is 0 Å². The Labute approximate surface area is 352 Å². The summed E-state index contributed by atoms with van der Waals surface area (Å²) in [7, 11) is 0. The van der Waals surface area contributed by atoms with Crippen LogP contribution in [0, 0.1) is 0 Å². The van der Waals surface area contributed by atoms with Crippen molar-refractivity contribution in [1.82, 2.24) is 35.1 Å². The Morgan fingerprint density at radius 1 is 0.903 bits per heavy atom. The summed E-state index contributed by atoms with van der Waals surface area (Å²) in [5.41, 5.74) is 4.29. The summed E-state index contributed by atoms with van der Waals surface area (Å²) in [5, 5.41) is 39.3. The number of amides is 2. The molecule has 324 valence electrons. The zero-order valence-electron chi connectivity index (χ0n) is 33.3. The molecule has 3 aromatic heterocycles. The monoisotopic (exact) mass is 855 g/mol. The lowest BCUT2D eigenvalue weighted by atomic mass is 9.91. The van der Waals surface area contributed by atoms with Crippen LogP contribution in [0.25, 0.3) is 22.1 Å². The third-order valence-corrected chi connectivity index (χ3v) is 11.1. The van der Waals surface area contributed by atoms with Crippen LogP contribution in [-0.2, 0) is 14.4 Å². The van der Waals surface area contributed by atoms with E-state index in [1.807, 2.05) is 65.6 Å². The Bertz CT molecular complexity index is 2510. The van der Waals surface area contributed by atoms with Gasteiger partial charge in [0, 0.05) is 55.1 Å². The number of carboxylic acid groups (broad SMARTS) is 1. The van der Waals surface area contributed by atoms with Crippen molar-refractivity contribution in [2.24, 2.45) is 0 Å². The number of hydrogen-bond acceptors (Lipinski definition) is 11. The van der Waals surface area contributed by atoms with E-state index in [0.717, 1.165) is 16.6 Å². The number of benzene rings is 3. The number of aliphatic carboxylic acids is 1. The van der Waals surface area contributed by atoms with Crippen molar-refractivity contribution in [2.75, 3.05) is 29.9 Å². The Morgan fingerprint density at radius 2 is 1.55 bits per heavy atom. The summed E-state index contributed by atoms with van der Waals surface area (Å²) < 4.78 is 33.5. The van der Waals surface area contributed by atoms with Crippen LogP contribution in [0.3, 0.4) is 0 Å². The topological polar surface area (TPSA) is 228 Å². The molecule has 0 radical (unpaired) electrons. The van der Waals surface area contributed by atoms with Crippen molar-refractivity contribution in [3.63, 3.8) is 0 Å². The van der Waals surface area contributed by atoms with Crippen molar-refractivity contribution in [2.45, 2.75) is 68.6 Å². The molecule has 2 fully saturated rings. The highest BCUT2D eigenvalue weighted by Crippen LogP contribution is 2.36. The molecule has 16 nitrogen and oxygen atoms in total. The minimum atomic E-state index is -5.08. The smallest absolute Gasteiger partial charge is 0.475 e. The molecular weight excluding hydrogens is 812 g/mol. The number of rotatable bonds is 12. The first-order chi connectivity index (χ1) is 29.7. The van der Waals surface area contributed by atoms with Gasteiger partial charge < -0.3 is 45.7 Å². The van der Waals surface area contributed by atoms with Gasteiger partial charge in [0.05, 0.1) is 24.0 Å². The number of carboxylic acids is 1. The second-order valence-corrected chi connectivity index (χ2v) is 15.0. The number of carbonyl (C=O) groups is 4. The molecule has 1 aliphatic carbocycles. The number of anilines is 2. The SMILES string of the molecule is CCC(=O)N[C@H]1C[C@@H](n2cnc3c(NCC(c4ccccc4)c4ccccc4)nc(N4CC[C@@H](NC(=O)C(=O)c5c[nH]c6ccccc56)C4)nc32)[C@H](O)[C@@H]1O.O=C(O)C(F)(F)F. The van der Waals surface area contributed by atoms with Crippen LogP contribution in [0.2, 0.25) is 0 Å². The summed E-state index contributed by atoms with van der Waals surface area (Å²) in [6.45, 7) is 3.09. The average Bonchev–Trinajstić information content (AvgIpc) is 4.08. The van der Waals surface area contributed by atoms with Gasteiger partial charge in [-0.25, -0.2) is 9.78 Å². The molecule has 1 aliphatic heterocycles. The highest BCUT2D eigenvalue weighted by atomic mass is 19.4. The number of fused-ring (bicyclic) bond motifs is 2. The van der Waals surface area contributed by atoms with Crippen LogP contribution in [0.1, 0.15) is 59.6 Å². The van der Waals surface area contributed by atoms with Crippen LogP contribution >= 0.6 is 0 Å². The standard InChI is InChI=1S/C41H43N9O5.C2HF3O2/c1-2-33(51)46-31-19-32(37(54)36(31)53)50-23-44-34-38(43-20-28(24-11-5-3-6-12-24)25-13-7-4-8-14-25)47-41(48-39(34)50)49-18-17-26(22-49)45-40(55)35(52)29-21-42-30-16-10-9-15-27(29)30;3-2(4,5)1(6)7/h3-16,21,23,26,28,31-32,36-37,42,53-54H,2,17-20,22H2,1H3,(H,45,55)(H,46,51)(H,43,47,48);(H,6,7)/t26-,31+,32-,36-,37+;/m1./s1. The largest absolute Gasteiger partial charge is 0.490 e. The summed E-state index contributed by atoms with van der Waals surface area (Å²) in [6, 6.07) is 26.2. The molecule has 3 aromatic carbocycles. The van der Waals surface area contributed by atoms with Crippen molar-refractivity contribution >= 4 is 57.4 Å². The maximum absolute atomic E-state index is 13.2. The second-order valence-electron chi connectivity index (χ2n) is 15.0. The van der Waals surface area contributed by atoms with E-state index in [2.05, 4.69) is 45.2 Å². The van der Waals surface area contributed by atoms with E-state index in [0.29, 0.717) is 59.9 Å². The Hall–Kier alpha value is -6.86. The number of nitrogens with one attached hydrogen (secondary N) is 4. The molecule has 62 heavy (non-hydrogen) atoms. The third kappa shape index (κ3) is 9.37. The molecule has 1 saturated carbocycles. The number of aromatic nitrogens is 5. The van der Waals surface area contributed by atoms with Crippen LogP contribution < -0.4 is 20.9 Å². The summed E-state index contributed by atoms with van der Waals surface area (Å²) >= 11 is 0. The number of H-pyrrole nitrogens is 1. The third-order valence-electron chi connectivity index (χ3n) is 11.1. The van der Waals surface area contributed by atoms with Gasteiger partial charge in [0.25, 0.3) is 11.7 Å². The van der Waals surface area contributed by atoms with E-state index in [1.165, 1.54) is 0 Å². The maximum Gasteiger partial charge on any atom is 0.490 e. The van der Waals surface area contributed by atoms with Crippen molar-refractivity contribution in [1.29, 1.82) is 0 Å². The number of alkyl halides is 3. The highest BCUT2D eigenvalue weighted by molar-refractivity contribution is 6.45. The molecule has 5 atom stereocenters. The summed E-state index contributed by atoms with van der Waals surface area (Å²) in [4.78, 5) is 67.2. The molecule has 1 saturated heterocycles. The van der Waals surface area contributed by atoms with Gasteiger partial charge in [-0.15, -0.1) is 0 Å². The zero-order chi connectivity index (χ0) is 44.1. The quantitative estimate of drug-likeness (QED) is 0.0675. The highest BCUT2D eigenvalue weighted by Gasteiger charge is 2.44. The average molecular weight is 856 g/mol. The van der Waals surface area contributed by atoms with Crippen molar-refractivity contribution < 1.29 is 47.7 Å². The Balaban J connectivity index is 0.000000762. The van der Waals surface area contributed by atoms with Gasteiger partial charge in [-0.05, 0) is 30.0 Å². The van der Waals surface area contributed by atoms with Gasteiger partial charge >= 0.3 is 12.1 Å². The molecular formula is C43H44F3N9O7. The number of ketones is 1. The van der Waals surface area contributed by atoms with E-state index in [9.17, 15) is 37.8 Å². The molecule has 6 aromatic rings. The zero-order valence-corrected chi connectivity index (χ0v) is 33.3. The van der Waals surface area contributed by atoms with Crippen LogP contribution in [0.4, 0.5) is 24.9 Å². The molecule has 8 rings (SSSR count). The molecule has 0 spiro atoms. The van der Waals surface area contributed by atoms with E-state index in [-0.39, 0.29) is 30.7 Å². The molecule has 19 heteroatoms. The van der Waals surface area contributed by atoms with E-state index < -0.39 is 48.1 Å². The molecule has 4 heterocycles. The van der Waals surface area contributed by atoms with Gasteiger partial charge in [0.15, 0.2) is 17.0 Å². The first kappa shape index (κ1) is 43.2. The summed E-state index contributed by atoms with van der Waals surface area (Å²) in [6.07, 6.45) is -3.20. The van der Waals surface area contributed by atoms with Crippen LogP contribution in [-0.4, -0.2) is 113 Å². The van der Waals surface area contributed by atoms with Gasteiger partial charge in [-0.1, -0.05) is 85.8 Å². The number of carbonyl (C=O) groups excluding carboxylic acids is 3. The Morgan fingerprint density at radius 3 is 2.19 bits per heavy atom. The number of Topliss-reactive ketones (excluding diaryl/α,β-unsaturated/α-hetero) is 1. The number of aromatic amines is 1.